The Kier molecular flexibility index (Phi) is 3.86. The molecule has 1 aromatic heterocycles. The molecular formula is C11H10BrFN2OS. The van der Waals surface area contributed by atoms with Crippen LogP contribution in [0, 0.1) is 5.82 Å². The Hall–Kier alpha value is -0.850. The van der Waals surface area contributed by atoms with Gasteiger partial charge in [0.1, 0.15) is 11.9 Å². The van der Waals surface area contributed by atoms with Gasteiger partial charge in [-0.05, 0) is 39.9 Å². The van der Waals surface area contributed by atoms with E-state index in [2.05, 4.69) is 25.5 Å². The molecule has 0 spiro atoms. The molecule has 0 aliphatic carbocycles. The molecule has 17 heavy (non-hydrogen) atoms. The van der Waals surface area contributed by atoms with Crippen molar-refractivity contribution in [3.05, 3.63) is 44.6 Å². The second-order valence-electron chi connectivity index (χ2n) is 3.48. The molecule has 0 amide bonds. The van der Waals surface area contributed by atoms with Crippen molar-refractivity contribution in [2.24, 2.45) is 0 Å². The van der Waals surface area contributed by atoms with Crippen LogP contribution in [0.5, 0.6) is 0 Å². The van der Waals surface area contributed by atoms with Gasteiger partial charge in [0.25, 0.3) is 0 Å². The minimum Gasteiger partial charge on any atom is -0.383 e. The van der Waals surface area contributed by atoms with Crippen molar-refractivity contribution in [1.82, 2.24) is 9.59 Å². The molecule has 0 aliphatic rings. The van der Waals surface area contributed by atoms with E-state index in [1.807, 2.05) is 6.92 Å². The molecule has 3 nitrogen and oxygen atoms in total. The van der Waals surface area contributed by atoms with Crippen LogP contribution in [0.3, 0.4) is 0 Å². The number of benzene rings is 1. The highest BCUT2D eigenvalue weighted by atomic mass is 79.9. The summed E-state index contributed by atoms with van der Waals surface area (Å²) in [5.41, 5.74) is 0.946. The van der Waals surface area contributed by atoms with Crippen molar-refractivity contribution >= 4 is 27.5 Å². The summed E-state index contributed by atoms with van der Waals surface area (Å²) in [7, 11) is 0. The molecule has 0 saturated carbocycles. The normalized spacial score (nSPS) is 12.7. The van der Waals surface area contributed by atoms with Gasteiger partial charge in [0.2, 0.25) is 0 Å². The Morgan fingerprint density at radius 3 is 3.00 bits per heavy atom. The number of aromatic nitrogens is 2. The van der Waals surface area contributed by atoms with Gasteiger partial charge in [-0.2, -0.15) is 0 Å². The molecule has 6 heteroatoms. The van der Waals surface area contributed by atoms with E-state index >= 15 is 0 Å². The van der Waals surface area contributed by atoms with E-state index in [1.54, 1.807) is 18.2 Å². The largest absolute Gasteiger partial charge is 0.383 e. The summed E-state index contributed by atoms with van der Waals surface area (Å²) >= 11 is 4.20. The maximum Gasteiger partial charge on any atom is 0.143 e. The van der Waals surface area contributed by atoms with Crippen molar-refractivity contribution in [1.29, 1.82) is 0 Å². The number of aliphatic hydroxyl groups excluding tert-OH is 1. The molecule has 2 rings (SSSR count). The lowest BCUT2D eigenvalue weighted by molar-refractivity contribution is 0.217. The quantitative estimate of drug-likeness (QED) is 0.946. The van der Waals surface area contributed by atoms with Gasteiger partial charge in [-0.15, -0.1) is 5.10 Å². The number of hydrogen-bond acceptors (Lipinski definition) is 4. The van der Waals surface area contributed by atoms with Gasteiger partial charge >= 0.3 is 0 Å². The van der Waals surface area contributed by atoms with E-state index < -0.39 is 11.9 Å². The van der Waals surface area contributed by atoms with Crippen LogP contribution in [0.2, 0.25) is 0 Å². The van der Waals surface area contributed by atoms with E-state index in [9.17, 15) is 9.50 Å². The zero-order chi connectivity index (χ0) is 12.4. The van der Waals surface area contributed by atoms with E-state index in [1.165, 1.54) is 0 Å². The Balaban J connectivity index is 2.44. The van der Waals surface area contributed by atoms with Crippen LogP contribution in [0.1, 0.15) is 29.2 Å². The minimum atomic E-state index is -1.01. The lowest BCUT2D eigenvalue weighted by atomic mass is 10.1. The molecule has 0 aliphatic heterocycles. The van der Waals surface area contributed by atoms with Gasteiger partial charge in [0.15, 0.2) is 0 Å². The Bertz CT molecular complexity index is 532. The predicted molar refractivity (Wildman–Crippen MR) is 67.4 cm³/mol. The third kappa shape index (κ3) is 2.38. The number of rotatable bonds is 3. The van der Waals surface area contributed by atoms with Gasteiger partial charge in [-0.1, -0.05) is 23.5 Å². The van der Waals surface area contributed by atoms with Crippen LogP contribution in [0.4, 0.5) is 4.39 Å². The van der Waals surface area contributed by atoms with Crippen LogP contribution >= 0.6 is 27.5 Å². The molecule has 1 N–H and O–H groups in total. The van der Waals surface area contributed by atoms with Gasteiger partial charge in [0, 0.05) is 5.56 Å². The highest BCUT2D eigenvalue weighted by molar-refractivity contribution is 9.10. The first-order valence-electron chi connectivity index (χ1n) is 5.08. The summed E-state index contributed by atoms with van der Waals surface area (Å²) in [4.78, 5) is 0.601. The summed E-state index contributed by atoms with van der Waals surface area (Å²) in [5.74, 6) is -0.449. The first-order valence-corrected chi connectivity index (χ1v) is 6.64. The summed E-state index contributed by atoms with van der Waals surface area (Å²) in [6.45, 7) is 1.92. The number of halogens is 2. The SMILES string of the molecule is CCc1nnsc1C(O)c1cccc(Br)c1F. The first kappa shape index (κ1) is 12.6. The molecule has 0 radical (unpaired) electrons. The van der Waals surface area contributed by atoms with Crippen molar-refractivity contribution < 1.29 is 9.50 Å². The standard InChI is InChI=1S/C11H10BrFN2OS/c1-2-8-11(17-15-14-8)10(16)6-4-3-5-7(12)9(6)13/h3-5,10,16H,2H2,1H3. The van der Waals surface area contributed by atoms with Gasteiger partial charge in [-0.25, -0.2) is 4.39 Å². The maximum absolute atomic E-state index is 13.8. The predicted octanol–water partition coefficient (Wildman–Crippen LogP) is 3.08. The zero-order valence-electron chi connectivity index (χ0n) is 9.02. The molecule has 1 atom stereocenters. The smallest absolute Gasteiger partial charge is 0.143 e. The minimum absolute atomic E-state index is 0.236. The second kappa shape index (κ2) is 5.20. The monoisotopic (exact) mass is 316 g/mol. The van der Waals surface area contributed by atoms with E-state index in [0.717, 1.165) is 11.5 Å². The third-order valence-corrected chi connectivity index (χ3v) is 3.88. The molecule has 1 heterocycles. The topological polar surface area (TPSA) is 46.0 Å². The average molecular weight is 317 g/mol. The summed E-state index contributed by atoms with van der Waals surface area (Å²) < 4.78 is 18.0. The van der Waals surface area contributed by atoms with Gasteiger partial charge < -0.3 is 5.11 Å². The number of nitrogens with zero attached hydrogens (tertiary/aromatic N) is 2. The fourth-order valence-corrected chi connectivity index (χ4v) is 2.67. The molecular weight excluding hydrogens is 307 g/mol. The highest BCUT2D eigenvalue weighted by Crippen LogP contribution is 2.31. The molecule has 90 valence electrons. The Labute approximate surface area is 111 Å². The third-order valence-electron chi connectivity index (χ3n) is 2.44. The number of aliphatic hydroxyl groups is 1. The summed E-state index contributed by atoms with van der Waals surface area (Å²) in [5, 5.41) is 14.1. The fourth-order valence-electron chi connectivity index (χ4n) is 1.54. The van der Waals surface area contributed by atoms with Crippen LogP contribution in [0.15, 0.2) is 22.7 Å². The number of aryl methyl sites for hydroxylation is 1. The second-order valence-corrected chi connectivity index (χ2v) is 5.12. The average Bonchev–Trinajstić information content (AvgIpc) is 2.80. The fraction of sp³-hybridized carbons (Fsp3) is 0.273. The molecule has 0 fully saturated rings. The lowest BCUT2D eigenvalue weighted by Crippen LogP contribution is -2.03. The van der Waals surface area contributed by atoms with Crippen LogP contribution in [-0.2, 0) is 6.42 Å². The highest BCUT2D eigenvalue weighted by Gasteiger charge is 2.21. The van der Waals surface area contributed by atoms with Gasteiger partial charge in [-0.3, -0.25) is 0 Å². The number of hydrogen-bond donors (Lipinski definition) is 1. The van der Waals surface area contributed by atoms with Crippen LogP contribution in [0.25, 0.3) is 0 Å². The van der Waals surface area contributed by atoms with E-state index in [4.69, 9.17) is 0 Å². The Morgan fingerprint density at radius 2 is 2.29 bits per heavy atom. The maximum atomic E-state index is 13.8. The Morgan fingerprint density at radius 1 is 1.53 bits per heavy atom. The van der Waals surface area contributed by atoms with E-state index in [0.29, 0.717) is 21.5 Å². The molecule has 2 aromatic rings. The molecule has 1 unspecified atom stereocenters. The molecule has 0 saturated heterocycles. The van der Waals surface area contributed by atoms with Crippen molar-refractivity contribution in [3.8, 4) is 0 Å². The lowest BCUT2D eigenvalue weighted by Gasteiger charge is -2.11. The van der Waals surface area contributed by atoms with Gasteiger partial charge in [0.05, 0.1) is 15.0 Å². The van der Waals surface area contributed by atoms with E-state index in [-0.39, 0.29) is 5.56 Å². The molecule has 1 aromatic carbocycles. The zero-order valence-corrected chi connectivity index (χ0v) is 11.4. The van der Waals surface area contributed by atoms with Crippen molar-refractivity contribution in [3.63, 3.8) is 0 Å². The van der Waals surface area contributed by atoms with Crippen molar-refractivity contribution in [2.45, 2.75) is 19.4 Å². The van der Waals surface area contributed by atoms with Crippen LogP contribution < -0.4 is 0 Å². The van der Waals surface area contributed by atoms with Crippen LogP contribution in [-0.4, -0.2) is 14.7 Å². The van der Waals surface area contributed by atoms with Crippen molar-refractivity contribution in [2.75, 3.05) is 0 Å². The summed E-state index contributed by atoms with van der Waals surface area (Å²) in [6.07, 6.45) is -0.346. The first-order chi connectivity index (χ1) is 8.15. The molecule has 0 bridgehead atoms. The summed E-state index contributed by atoms with van der Waals surface area (Å²) in [6, 6.07) is 4.84.